The molecule has 5 nitrogen and oxygen atoms in total. The monoisotopic (exact) mass is 233 g/mol. The van der Waals surface area contributed by atoms with E-state index in [2.05, 4.69) is 5.43 Å². The van der Waals surface area contributed by atoms with Crippen LogP contribution in [0.3, 0.4) is 0 Å². The molecule has 1 aromatic carbocycles. The van der Waals surface area contributed by atoms with Gasteiger partial charge in [-0.15, -0.1) is 0 Å². The van der Waals surface area contributed by atoms with E-state index in [1.54, 1.807) is 7.11 Å². The number of fused-ring (bicyclic) bond motifs is 1. The van der Waals surface area contributed by atoms with E-state index in [1.165, 1.54) is 0 Å². The number of carbonyl (C=O) groups is 1. The number of rotatable bonds is 4. The Balaban J connectivity index is 2.21. The van der Waals surface area contributed by atoms with Crippen LogP contribution in [0.25, 0.3) is 10.9 Å². The molecule has 0 spiro atoms. The van der Waals surface area contributed by atoms with Gasteiger partial charge in [0.15, 0.2) is 0 Å². The zero-order valence-corrected chi connectivity index (χ0v) is 9.64. The third kappa shape index (κ3) is 2.39. The summed E-state index contributed by atoms with van der Waals surface area (Å²) in [7, 11) is 1.64. The summed E-state index contributed by atoms with van der Waals surface area (Å²) < 4.78 is 7.18. The number of hydrogen-bond donors (Lipinski definition) is 2. The third-order valence-electron chi connectivity index (χ3n) is 2.72. The summed E-state index contributed by atoms with van der Waals surface area (Å²) in [5, 5.41) is 1.09. The van der Waals surface area contributed by atoms with Gasteiger partial charge in [-0.1, -0.05) is 0 Å². The Morgan fingerprint density at radius 2 is 2.29 bits per heavy atom. The molecule has 5 heteroatoms. The molecule has 3 N–H and O–H groups in total. The van der Waals surface area contributed by atoms with Crippen LogP contribution >= 0.6 is 0 Å². The maximum atomic E-state index is 11.1. The fraction of sp³-hybridized carbons (Fsp3) is 0.250. The molecule has 0 aliphatic carbocycles. The van der Waals surface area contributed by atoms with Gasteiger partial charge in [0.25, 0.3) is 0 Å². The Labute approximate surface area is 99.1 Å². The zero-order chi connectivity index (χ0) is 12.3. The fourth-order valence-corrected chi connectivity index (χ4v) is 1.79. The van der Waals surface area contributed by atoms with Crippen molar-refractivity contribution in [2.24, 2.45) is 5.84 Å². The number of nitrogens with one attached hydrogen (secondary N) is 1. The lowest BCUT2D eigenvalue weighted by Gasteiger charge is -2.05. The Hall–Kier alpha value is -2.01. The number of benzene rings is 1. The van der Waals surface area contributed by atoms with E-state index in [0.29, 0.717) is 13.0 Å². The smallest absolute Gasteiger partial charge is 0.235 e. The maximum Gasteiger partial charge on any atom is 0.235 e. The summed E-state index contributed by atoms with van der Waals surface area (Å²) in [4.78, 5) is 11.1. The number of ether oxygens (including phenoxy) is 1. The molecule has 0 saturated heterocycles. The van der Waals surface area contributed by atoms with Crippen LogP contribution in [-0.2, 0) is 11.3 Å². The zero-order valence-electron chi connectivity index (χ0n) is 9.64. The van der Waals surface area contributed by atoms with Gasteiger partial charge in [0, 0.05) is 30.1 Å². The number of methoxy groups -OCH3 is 1. The van der Waals surface area contributed by atoms with Gasteiger partial charge in [-0.3, -0.25) is 10.2 Å². The SMILES string of the molecule is COc1ccc2c(ccn2CCC(=O)NN)c1. The van der Waals surface area contributed by atoms with E-state index >= 15 is 0 Å². The molecule has 0 unspecified atom stereocenters. The first kappa shape index (κ1) is 11.5. The molecule has 0 fully saturated rings. The number of carbonyl (C=O) groups excluding carboxylic acids is 1. The minimum atomic E-state index is -0.166. The van der Waals surface area contributed by atoms with Gasteiger partial charge >= 0.3 is 0 Å². The molecular weight excluding hydrogens is 218 g/mol. The molecule has 0 bridgehead atoms. The average Bonchev–Trinajstić information content (AvgIpc) is 2.77. The Kier molecular flexibility index (Phi) is 3.30. The van der Waals surface area contributed by atoms with E-state index < -0.39 is 0 Å². The molecule has 1 amide bonds. The van der Waals surface area contributed by atoms with Crippen molar-refractivity contribution in [1.29, 1.82) is 0 Å². The summed E-state index contributed by atoms with van der Waals surface area (Å²) in [6, 6.07) is 7.85. The van der Waals surface area contributed by atoms with Crippen LogP contribution in [0.15, 0.2) is 30.5 Å². The van der Waals surface area contributed by atoms with Gasteiger partial charge in [-0.05, 0) is 24.3 Å². The van der Waals surface area contributed by atoms with Crippen molar-refractivity contribution < 1.29 is 9.53 Å². The van der Waals surface area contributed by atoms with Crippen molar-refractivity contribution >= 4 is 16.8 Å². The Morgan fingerprint density at radius 3 is 3.00 bits per heavy atom. The van der Waals surface area contributed by atoms with E-state index in [0.717, 1.165) is 16.7 Å². The van der Waals surface area contributed by atoms with Crippen molar-refractivity contribution in [2.45, 2.75) is 13.0 Å². The van der Waals surface area contributed by atoms with Gasteiger partial charge < -0.3 is 9.30 Å². The van der Waals surface area contributed by atoms with E-state index in [9.17, 15) is 4.79 Å². The molecular formula is C12H15N3O2. The summed E-state index contributed by atoms with van der Waals surface area (Å²) >= 11 is 0. The van der Waals surface area contributed by atoms with Gasteiger partial charge in [0.2, 0.25) is 5.91 Å². The predicted octanol–water partition coefficient (Wildman–Crippen LogP) is 1.03. The van der Waals surface area contributed by atoms with Crippen LogP contribution in [-0.4, -0.2) is 17.6 Å². The summed E-state index contributed by atoms with van der Waals surface area (Å²) in [5.41, 5.74) is 3.20. The summed E-state index contributed by atoms with van der Waals surface area (Å²) in [6.07, 6.45) is 2.32. The Morgan fingerprint density at radius 1 is 1.47 bits per heavy atom. The minimum absolute atomic E-state index is 0.166. The van der Waals surface area contributed by atoms with Crippen LogP contribution in [0.1, 0.15) is 6.42 Å². The van der Waals surface area contributed by atoms with Crippen molar-refractivity contribution in [1.82, 2.24) is 9.99 Å². The highest BCUT2D eigenvalue weighted by atomic mass is 16.5. The van der Waals surface area contributed by atoms with Gasteiger partial charge in [0.05, 0.1) is 7.11 Å². The van der Waals surface area contributed by atoms with Crippen LogP contribution in [0.2, 0.25) is 0 Å². The predicted molar refractivity (Wildman–Crippen MR) is 65.4 cm³/mol. The van der Waals surface area contributed by atoms with E-state index in [-0.39, 0.29) is 5.91 Å². The molecule has 1 aromatic heterocycles. The van der Waals surface area contributed by atoms with E-state index in [4.69, 9.17) is 10.6 Å². The molecule has 0 radical (unpaired) electrons. The van der Waals surface area contributed by atoms with E-state index in [1.807, 2.05) is 35.0 Å². The van der Waals surface area contributed by atoms with Crippen molar-refractivity contribution in [2.75, 3.05) is 7.11 Å². The quantitative estimate of drug-likeness (QED) is 0.471. The number of aryl methyl sites for hydroxylation is 1. The van der Waals surface area contributed by atoms with Crippen LogP contribution in [0.4, 0.5) is 0 Å². The second-order valence-corrected chi connectivity index (χ2v) is 3.75. The number of nitrogens with two attached hydrogens (primary N) is 1. The first-order valence-corrected chi connectivity index (χ1v) is 5.37. The second kappa shape index (κ2) is 4.88. The molecule has 0 saturated carbocycles. The Bertz CT molecular complexity index is 534. The van der Waals surface area contributed by atoms with Crippen LogP contribution in [0, 0.1) is 0 Å². The standard InChI is InChI=1S/C12H15N3O2/c1-17-10-2-3-11-9(8-10)4-6-15(11)7-5-12(16)14-13/h2-4,6,8H,5,7,13H2,1H3,(H,14,16). The molecule has 2 aromatic rings. The first-order valence-electron chi connectivity index (χ1n) is 5.37. The lowest BCUT2D eigenvalue weighted by Crippen LogP contribution is -2.30. The number of hydrazine groups is 1. The summed E-state index contributed by atoms with van der Waals surface area (Å²) in [5.74, 6) is 5.70. The maximum absolute atomic E-state index is 11.1. The van der Waals surface area contributed by atoms with Crippen molar-refractivity contribution in [3.05, 3.63) is 30.5 Å². The first-order chi connectivity index (χ1) is 8.24. The highest BCUT2D eigenvalue weighted by molar-refractivity contribution is 5.82. The van der Waals surface area contributed by atoms with Crippen LogP contribution in [0.5, 0.6) is 5.75 Å². The summed E-state index contributed by atoms with van der Waals surface area (Å²) in [6.45, 7) is 0.610. The third-order valence-corrected chi connectivity index (χ3v) is 2.72. The highest BCUT2D eigenvalue weighted by Gasteiger charge is 2.04. The average molecular weight is 233 g/mol. The number of nitrogens with zero attached hydrogens (tertiary/aromatic N) is 1. The van der Waals surface area contributed by atoms with Crippen LogP contribution < -0.4 is 16.0 Å². The largest absolute Gasteiger partial charge is 0.497 e. The minimum Gasteiger partial charge on any atom is -0.497 e. The number of hydrogen-bond acceptors (Lipinski definition) is 3. The topological polar surface area (TPSA) is 69.3 Å². The van der Waals surface area contributed by atoms with Crippen molar-refractivity contribution in [3.63, 3.8) is 0 Å². The second-order valence-electron chi connectivity index (χ2n) is 3.75. The lowest BCUT2D eigenvalue weighted by atomic mass is 10.2. The van der Waals surface area contributed by atoms with Crippen molar-refractivity contribution in [3.8, 4) is 5.75 Å². The normalized spacial score (nSPS) is 10.5. The lowest BCUT2D eigenvalue weighted by molar-refractivity contribution is -0.121. The van der Waals surface area contributed by atoms with Gasteiger partial charge in [-0.2, -0.15) is 0 Å². The molecule has 2 rings (SSSR count). The molecule has 1 heterocycles. The number of aromatic nitrogens is 1. The molecule has 0 aliphatic rings. The fourth-order valence-electron chi connectivity index (χ4n) is 1.79. The molecule has 90 valence electrons. The van der Waals surface area contributed by atoms with Gasteiger partial charge in [-0.25, -0.2) is 5.84 Å². The van der Waals surface area contributed by atoms with Gasteiger partial charge in [0.1, 0.15) is 5.75 Å². The molecule has 0 aliphatic heterocycles. The molecule has 0 atom stereocenters. The molecule has 17 heavy (non-hydrogen) atoms. The highest BCUT2D eigenvalue weighted by Crippen LogP contribution is 2.21. The number of amides is 1.